The van der Waals surface area contributed by atoms with Crippen LogP contribution in [-0.4, -0.2) is 17.2 Å². The van der Waals surface area contributed by atoms with Gasteiger partial charge in [-0.05, 0) is 47.2 Å². The maximum atomic E-state index is 9.56. The van der Waals surface area contributed by atoms with E-state index in [-0.39, 0.29) is 0 Å². The first-order valence-electron chi connectivity index (χ1n) is 10.8. The maximum absolute atomic E-state index is 9.56. The number of hydrogen-bond donors (Lipinski definition) is 2. The normalized spacial score (nSPS) is 11.3. The molecule has 0 aliphatic heterocycles. The minimum absolute atomic E-state index is 0.469. The molecule has 0 amide bonds. The lowest BCUT2D eigenvalue weighted by Gasteiger charge is -2.27. The highest BCUT2D eigenvalue weighted by Crippen LogP contribution is 2.42. The Kier molecular flexibility index (Phi) is 4.88. The first-order valence-corrected chi connectivity index (χ1v) is 11.7. The molecule has 1 aromatic heterocycles. The summed E-state index contributed by atoms with van der Waals surface area (Å²) in [5.41, 5.74) is 3.56. The molecular formula is C28H20BNO2S. The lowest BCUT2D eigenvalue weighted by molar-refractivity contribution is 0.426. The van der Waals surface area contributed by atoms with E-state index >= 15 is 0 Å². The van der Waals surface area contributed by atoms with E-state index in [4.69, 9.17) is 0 Å². The Morgan fingerprint density at radius 1 is 0.576 bits per heavy atom. The highest BCUT2D eigenvalue weighted by molar-refractivity contribution is 7.25. The molecule has 0 bridgehead atoms. The Labute approximate surface area is 195 Å². The number of fused-ring (bicyclic) bond motifs is 4. The van der Waals surface area contributed by atoms with Gasteiger partial charge in [-0.25, -0.2) is 0 Å². The number of benzene rings is 5. The Morgan fingerprint density at radius 3 is 2.06 bits per heavy atom. The molecule has 0 spiro atoms. The van der Waals surface area contributed by atoms with Crippen molar-refractivity contribution >= 4 is 71.9 Å². The fourth-order valence-electron chi connectivity index (χ4n) is 4.48. The van der Waals surface area contributed by atoms with Gasteiger partial charge in [0.1, 0.15) is 0 Å². The Bertz CT molecular complexity index is 1600. The van der Waals surface area contributed by atoms with Crippen LogP contribution in [0.15, 0.2) is 109 Å². The molecule has 6 rings (SSSR count). The minimum atomic E-state index is -1.49. The number of rotatable bonds is 4. The second-order valence-corrected chi connectivity index (χ2v) is 9.16. The van der Waals surface area contributed by atoms with E-state index in [1.807, 2.05) is 12.1 Å². The summed E-state index contributed by atoms with van der Waals surface area (Å²) in [7, 11) is -1.49. The van der Waals surface area contributed by atoms with Gasteiger partial charge in [-0.1, -0.05) is 72.8 Å². The van der Waals surface area contributed by atoms with Crippen LogP contribution in [-0.2, 0) is 0 Å². The van der Waals surface area contributed by atoms with Gasteiger partial charge in [-0.3, -0.25) is 0 Å². The molecule has 158 valence electrons. The van der Waals surface area contributed by atoms with Crippen molar-refractivity contribution in [2.45, 2.75) is 0 Å². The summed E-state index contributed by atoms with van der Waals surface area (Å²) in [6.07, 6.45) is 0. The van der Waals surface area contributed by atoms with E-state index in [1.54, 1.807) is 23.5 Å². The fourth-order valence-corrected chi connectivity index (χ4v) is 5.62. The van der Waals surface area contributed by atoms with E-state index in [0.29, 0.717) is 5.46 Å². The third-order valence-electron chi connectivity index (χ3n) is 6.08. The molecule has 6 aromatic rings. The Morgan fingerprint density at radius 2 is 1.24 bits per heavy atom. The molecule has 33 heavy (non-hydrogen) atoms. The molecule has 0 atom stereocenters. The van der Waals surface area contributed by atoms with Gasteiger partial charge in [0.15, 0.2) is 0 Å². The highest BCUT2D eigenvalue weighted by atomic mass is 32.1. The SMILES string of the molecule is OB(O)c1ccc(N(c2ccc3c(c2)sc2ccccc23)c2cccc3ccccc23)cc1. The number of thiophene rings is 1. The third kappa shape index (κ3) is 3.47. The molecule has 2 N–H and O–H groups in total. The van der Waals surface area contributed by atoms with E-state index in [2.05, 4.69) is 89.8 Å². The van der Waals surface area contributed by atoms with Crippen LogP contribution in [0, 0.1) is 0 Å². The van der Waals surface area contributed by atoms with Crippen molar-refractivity contribution in [2.75, 3.05) is 4.90 Å². The summed E-state index contributed by atoms with van der Waals surface area (Å²) in [5, 5.41) is 24.0. The average molecular weight is 445 g/mol. The summed E-state index contributed by atoms with van der Waals surface area (Å²) in [6.45, 7) is 0. The van der Waals surface area contributed by atoms with Gasteiger partial charge in [0, 0.05) is 36.9 Å². The quantitative estimate of drug-likeness (QED) is 0.311. The summed E-state index contributed by atoms with van der Waals surface area (Å²) >= 11 is 1.80. The van der Waals surface area contributed by atoms with Gasteiger partial charge in [-0.15, -0.1) is 11.3 Å². The number of anilines is 3. The number of nitrogens with zero attached hydrogens (tertiary/aromatic N) is 1. The van der Waals surface area contributed by atoms with Crippen LogP contribution >= 0.6 is 11.3 Å². The topological polar surface area (TPSA) is 43.7 Å². The summed E-state index contributed by atoms with van der Waals surface area (Å²) < 4.78 is 2.52. The van der Waals surface area contributed by atoms with Crippen molar-refractivity contribution in [1.29, 1.82) is 0 Å². The molecule has 1 heterocycles. The van der Waals surface area contributed by atoms with Crippen molar-refractivity contribution < 1.29 is 10.0 Å². The molecule has 5 aromatic carbocycles. The lowest BCUT2D eigenvalue weighted by atomic mass is 9.80. The average Bonchev–Trinajstić information content (AvgIpc) is 3.23. The molecule has 0 saturated heterocycles. The van der Waals surface area contributed by atoms with E-state index in [1.165, 1.54) is 25.6 Å². The molecule has 5 heteroatoms. The second-order valence-electron chi connectivity index (χ2n) is 8.08. The molecule has 0 aliphatic rings. The van der Waals surface area contributed by atoms with E-state index < -0.39 is 7.12 Å². The summed E-state index contributed by atoms with van der Waals surface area (Å²) in [4.78, 5) is 2.24. The van der Waals surface area contributed by atoms with Crippen molar-refractivity contribution in [1.82, 2.24) is 0 Å². The maximum Gasteiger partial charge on any atom is 0.488 e. The van der Waals surface area contributed by atoms with E-state index in [0.717, 1.165) is 22.4 Å². The summed E-state index contributed by atoms with van der Waals surface area (Å²) in [5.74, 6) is 0. The zero-order valence-corrected chi connectivity index (χ0v) is 18.5. The zero-order valence-electron chi connectivity index (χ0n) is 17.7. The second kappa shape index (κ2) is 8.05. The predicted molar refractivity (Wildman–Crippen MR) is 141 cm³/mol. The fraction of sp³-hybridized carbons (Fsp3) is 0. The van der Waals surface area contributed by atoms with E-state index in [9.17, 15) is 10.0 Å². The largest absolute Gasteiger partial charge is 0.488 e. The lowest BCUT2D eigenvalue weighted by Crippen LogP contribution is -2.29. The van der Waals surface area contributed by atoms with Gasteiger partial charge in [0.2, 0.25) is 0 Å². The molecule has 0 fully saturated rings. The molecular weight excluding hydrogens is 425 g/mol. The van der Waals surface area contributed by atoms with Crippen LogP contribution < -0.4 is 10.4 Å². The van der Waals surface area contributed by atoms with Crippen LogP contribution in [0.2, 0.25) is 0 Å². The molecule has 0 unspecified atom stereocenters. The van der Waals surface area contributed by atoms with Gasteiger partial charge < -0.3 is 14.9 Å². The van der Waals surface area contributed by atoms with Crippen LogP contribution in [0.1, 0.15) is 0 Å². The zero-order chi connectivity index (χ0) is 22.4. The molecule has 0 saturated carbocycles. The molecule has 3 nitrogen and oxygen atoms in total. The smallest absolute Gasteiger partial charge is 0.423 e. The van der Waals surface area contributed by atoms with Crippen LogP contribution in [0.3, 0.4) is 0 Å². The van der Waals surface area contributed by atoms with Crippen molar-refractivity contribution in [3.8, 4) is 0 Å². The van der Waals surface area contributed by atoms with Crippen LogP contribution in [0.25, 0.3) is 30.9 Å². The van der Waals surface area contributed by atoms with Gasteiger partial charge >= 0.3 is 7.12 Å². The van der Waals surface area contributed by atoms with Gasteiger partial charge in [-0.2, -0.15) is 0 Å². The Balaban J connectivity index is 1.59. The van der Waals surface area contributed by atoms with Crippen LogP contribution in [0.5, 0.6) is 0 Å². The summed E-state index contributed by atoms with van der Waals surface area (Å²) in [6, 6.07) is 37.2. The van der Waals surface area contributed by atoms with Gasteiger partial charge in [0.05, 0.1) is 5.69 Å². The minimum Gasteiger partial charge on any atom is -0.423 e. The molecule has 0 radical (unpaired) electrons. The van der Waals surface area contributed by atoms with Crippen molar-refractivity contribution in [3.05, 3.63) is 109 Å². The third-order valence-corrected chi connectivity index (χ3v) is 7.21. The monoisotopic (exact) mass is 445 g/mol. The van der Waals surface area contributed by atoms with Crippen molar-refractivity contribution in [3.63, 3.8) is 0 Å². The molecule has 0 aliphatic carbocycles. The number of hydrogen-bond acceptors (Lipinski definition) is 4. The standard InChI is InChI=1S/C28H20BNO2S/c31-29(32)20-12-14-21(15-13-20)30(26-10-5-7-19-6-1-2-8-23(19)26)22-16-17-25-24-9-3-4-11-27(24)33-28(25)18-22/h1-18,31-32H. The van der Waals surface area contributed by atoms with Crippen molar-refractivity contribution in [2.24, 2.45) is 0 Å². The first-order chi connectivity index (χ1) is 16.2. The van der Waals surface area contributed by atoms with Crippen LogP contribution in [0.4, 0.5) is 17.1 Å². The highest BCUT2D eigenvalue weighted by Gasteiger charge is 2.18. The first kappa shape index (κ1) is 20.0. The predicted octanol–water partition coefficient (Wildman–Crippen LogP) is 6.36. The van der Waals surface area contributed by atoms with Gasteiger partial charge in [0.25, 0.3) is 0 Å². The Hall–Kier alpha value is -3.64.